The minimum absolute atomic E-state index is 0.0512. The molecule has 9 heteroatoms. The van der Waals surface area contributed by atoms with Crippen molar-refractivity contribution in [3.63, 3.8) is 0 Å². The van der Waals surface area contributed by atoms with Crippen molar-refractivity contribution in [1.29, 1.82) is 0 Å². The molecule has 2 aromatic heterocycles. The Morgan fingerprint density at radius 3 is 2.80 bits per heavy atom. The van der Waals surface area contributed by atoms with Crippen LogP contribution in [0.4, 0.5) is 0 Å². The molecule has 30 heavy (non-hydrogen) atoms. The lowest BCUT2D eigenvalue weighted by molar-refractivity contribution is -0.144. The van der Waals surface area contributed by atoms with Crippen LogP contribution in [-0.4, -0.2) is 33.6 Å². The highest BCUT2D eigenvalue weighted by Crippen LogP contribution is 2.30. The third-order valence-electron chi connectivity index (χ3n) is 4.34. The Kier molecular flexibility index (Phi) is 6.06. The first kappa shape index (κ1) is 20.1. The van der Waals surface area contributed by atoms with Crippen molar-refractivity contribution in [2.45, 2.75) is 13.0 Å². The highest BCUT2D eigenvalue weighted by molar-refractivity contribution is 7.13. The number of amides is 1. The molecular formula is C21H17ClN4O3S. The Morgan fingerprint density at radius 1 is 1.13 bits per heavy atom. The number of halogens is 1. The fourth-order valence-corrected chi connectivity index (χ4v) is 3.98. The number of thiazole rings is 1. The zero-order chi connectivity index (χ0) is 20.9. The molecule has 2 N–H and O–H groups in total. The van der Waals surface area contributed by atoms with E-state index in [1.807, 2.05) is 47.8 Å². The van der Waals surface area contributed by atoms with E-state index in [2.05, 4.69) is 20.5 Å². The zero-order valence-electron chi connectivity index (χ0n) is 15.7. The maximum absolute atomic E-state index is 12.3. The van der Waals surface area contributed by atoms with E-state index in [0.29, 0.717) is 16.4 Å². The van der Waals surface area contributed by atoms with E-state index >= 15 is 0 Å². The Morgan fingerprint density at radius 2 is 1.93 bits per heavy atom. The van der Waals surface area contributed by atoms with Crippen molar-refractivity contribution >= 4 is 45.7 Å². The number of aromatic nitrogens is 3. The lowest BCUT2D eigenvalue weighted by Crippen LogP contribution is -2.27. The van der Waals surface area contributed by atoms with Gasteiger partial charge in [-0.2, -0.15) is 5.10 Å². The maximum Gasteiger partial charge on any atom is 0.307 e. The molecule has 0 aliphatic carbocycles. The quantitative estimate of drug-likeness (QED) is 0.420. The number of nitrogens with zero attached hydrogens (tertiary/aromatic N) is 2. The van der Waals surface area contributed by atoms with Crippen LogP contribution in [0.5, 0.6) is 0 Å². The summed E-state index contributed by atoms with van der Waals surface area (Å²) in [7, 11) is 0. The number of nitrogens with one attached hydrogen (secondary N) is 2. The normalized spacial score (nSPS) is 10.8. The molecule has 0 fully saturated rings. The third kappa shape index (κ3) is 4.50. The van der Waals surface area contributed by atoms with Crippen LogP contribution in [0.25, 0.3) is 21.5 Å². The van der Waals surface area contributed by atoms with Crippen molar-refractivity contribution in [2.24, 2.45) is 0 Å². The van der Waals surface area contributed by atoms with Gasteiger partial charge in [-0.15, -0.1) is 11.3 Å². The van der Waals surface area contributed by atoms with Crippen molar-refractivity contribution in [3.05, 3.63) is 70.3 Å². The van der Waals surface area contributed by atoms with Crippen LogP contribution in [0, 0.1) is 0 Å². The van der Waals surface area contributed by atoms with Crippen LogP contribution in [0.15, 0.2) is 53.9 Å². The number of carbonyl (C=O) groups is 2. The van der Waals surface area contributed by atoms with Gasteiger partial charge in [0.1, 0.15) is 11.6 Å². The molecule has 4 rings (SSSR count). The lowest BCUT2D eigenvalue weighted by Gasteiger charge is -2.05. The van der Waals surface area contributed by atoms with Crippen molar-refractivity contribution in [3.8, 4) is 10.6 Å². The van der Waals surface area contributed by atoms with Gasteiger partial charge < -0.3 is 10.1 Å². The molecule has 0 unspecified atom stereocenters. The van der Waals surface area contributed by atoms with Crippen LogP contribution in [-0.2, 0) is 16.1 Å². The number of para-hydroxylation sites is 1. The molecule has 0 radical (unpaired) electrons. The Bertz CT molecular complexity index is 1200. The lowest BCUT2D eigenvalue weighted by atomic mass is 10.2. The summed E-state index contributed by atoms with van der Waals surface area (Å²) in [4.78, 5) is 28.7. The summed E-state index contributed by atoms with van der Waals surface area (Å²) in [6, 6.07) is 14.8. The molecule has 0 saturated heterocycles. The van der Waals surface area contributed by atoms with Crippen LogP contribution in [0.1, 0.15) is 22.6 Å². The van der Waals surface area contributed by atoms with E-state index in [4.69, 9.17) is 16.3 Å². The minimum Gasteiger partial charge on any atom is -0.459 e. The van der Waals surface area contributed by atoms with Gasteiger partial charge in [-0.1, -0.05) is 48.0 Å². The monoisotopic (exact) mass is 440 g/mol. The first-order valence-corrected chi connectivity index (χ1v) is 10.4. The summed E-state index contributed by atoms with van der Waals surface area (Å²) < 4.78 is 5.25. The number of H-pyrrole nitrogens is 1. The van der Waals surface area contributed by atoms with Gasteiger partial charge in [0.2, 0.25) is 0 Å². The summed E-state index contributed by atoms with van der Waals surface area (Å²) in [6.45, 7) is 0.221. The van der Waals surface area contributed by atoms with Crippen molar-refractivity contribution < 1.29 is 14.3 Å². The van der Waals surface area contributed by atoms with Crippen LogP contribution < -0.4 is 5.32 Å². The second-order valence-corrected chi connectivity index (χ2v) is 7.67. The number of esters is 1. The Balaban J connectivity index is 1.25. The first-order chi connectivity index (χ1) is 14.6. The van der Waals surface area contributed by atoms with Crippen LogP contribution in [0.2, 0.25) is 5.02 Å². The summed E-state index contributed by atoms with van der Waals surface area (Å²) >= 11 is 7.62. The molecule has 152 valence electrons. The molecule has 0 atom stereocenters. The third-order valence-corrected chi connectivity index (χ3v) is 5.59. The molecule has 2 heterocycles. The molecule has 0 aliphatic rings. The molecule has 0 bridgehead atoms. The molecule has 4 aromatic rings. The van der Waals surface area contributed by atoms with Gasteiger partial charge in [-0.25, -0.2) is 4.98 Å². The standard InChI is InChI=1S/C21H17ClN4O3S/c22-16-7-3-1-5-14(16)21-24-13(12-30-21)11-29-18(27)9-10-23-20(28)19-15-6-2-4-8-17(15)25-26-19/h1-8,12H,9-11H2,(H,23,28)(H,25,26). The van der Waals surface area contributed by atoms with Gasteiger partial charge in [-0.3, -0.25) is 14.7 Å². The predicted molar refractivity (Wildman–Crippen MR) is 115 cm³/mol. The van der Waals surface area contributed by atoms with Crippen LogP contribution >= 0.6 is 22.9 Å². The van der Waals surface area contributed by atoms with Crippen molar-refractivity contribution in [1.82, 2.24) is 20.5 Å². The smallest absolute Gasteiger partial charge is 0.307 e. The molecule has 0 spiro atoms. The van der Waals surface area contributed by atoms with E-state index in [9.17, 15) is 9.59 Å². The Labute approximate surface area is 181 Å². The number of rotatable bonds is 7. The Hall–Kier alpha value is -3.23. The van der Waals surface area contributed by atoms with Crippen LogP contribution in [0.3, 0.4) is 0 Å². The molecule has 2 aromatic carbocycles. The first-order valence-electron chi connectivity index (χ1n) is 9.18. The molecule has 0 saturated carbocycles. The number of hydrogen-bond acceptors (Lipinski definition) is 6. The number of benzene rings is 2. The number of ether oxygens (including phenoxy) is 1. The second kappa shape index (κ2) is 9.06. The largest absolute Gasteiger partial charge is 0.459 e. The fraction of sp³-hybridized carbons (Fsp3) is 0.143. The number of carbonyl (C=O) groups excluding carboxylic acids is 2. The SMILES string of the molecule is O=C(CCNC(=O)c1n[nH]c2ccccc12)OCc1csc(-c2ccccc2Cl)n1. The van der Waals surface area contributed by atoms with Gasteiger partial charge in [0.05, 0.1) is 22.7 Å². The minimum atomic E-state index is -0.422. The topological polar surface area (TPSA) is 97.0 Å². The molecule has 1 amide bonds. The summed E-state index contributed by atoms with van der Waals surface area (Å²) in [5, 5.41) is 13.5. The van der Waals surface area contributed by atoms with E-state index in [0.717, 1.165) is 21.5 Å². The molecule has 0 aliphatic heterocycles. The fourth-order valence-electron chi connectivity index (χ4n) is 2.86. The highest BCUT2D eigenvalue weighted by atomic mass is 35.5. The number of hydrogen-bond donors (Lipinski definition) is 2. The number of fused-ring (bicyclic) bond motifs is 1. The van der Waals surface area contributed by atoms with Gasteiger partial charge >= 0.3 is 5.97 Å². The number of aromatic amines is 1. The average molecular weight is 441 g/mol. The van der Waals surface area contributed by atoms with Gasteiger partial charge in [0, 0.05) is 22.9 Å². The second-order valence-electron chi connectivity index (χ2n) is 6.41. The van der Waals surface area contributed by atoms with E-state index in [1.54, 1.807) is 6.07 Å². The summed E-state index contributed by atoms with van der Waals surface area (Å²) in [6.07, 6.45) is 0.0512. The zero-order valence-corrected chi connectivity index (χ0v) is 17.3. The van der Waals surface area contributed by atoms with Crippen molar-refractivity contribution in [2.75, 3.05) is 6.54 Å². The van der Waals surface area contributed by atoms with E-state index in [-0.39, 0.29) is 25.5 Å². The molecule has 7 nitrogen and oxygen atoms in total. The predicted octanol–water partition coefficient (Wildman–Crippen LogP) is 4.20. The van der Waals surface area contributed by atoms with Gasteiger partial charge in [0.15, 0.2) is 5.69 Å². The van der Waals surface area contributed by atoms with Gasteiger partial charge in [-0.05, 0) is 12.1 Å². The average Bonchev–Trinajstić information content (AvgIpc) is 3.40. The molecular weight excluding hydrogens is 424 g/mol. The van der Waals surface area contributed by atoms with E-state index < -0.39 is 5.97 Å². The maximum atomic E-state index is 12.3. The van der Waals surface area contributed by atoms with E-state index in [1.165, 1.54) is 11.3 Å². The highest BCUT2D eigenvalue weighted by Gasteiger charge is 2.14. The summed E-state index contributed by atoms with van der Waals surface area (Å²) in [5.74, 6) is -0.765. The summed E-state index contributed by atoms with van der Waals surface area (Å²) in [5.41, 5.74) is 2.57. The van der Waals surface area contributed by atoms with Gasteiger partial charge in [0.25, 0.3) is 5.91 Å².